The summed E-state index contributed by atoms with van der Waals surface area (Å²) in [6.45, 7) is 9.03. The van der Waals surface area contributed by atoms with Crippen molar-refractivity contribution in [3.63, 3.8) is 0 Å². The molecule has 1 amide bonds. The van der Waals surface area contributed by atoms with E-state index < -0.39 is 0 Å². The van der Waals surface area contributed by atoms with Crippen LogP contribution in [-0.2, 0) is 16.1 Å². The van der Waals surface area contributed by atoms with Gasteiger partial charge >= 0.3 is 0 Å². The van der Waals surface area contributed by atoms with Gasteiger partial charge in [0, 0.05) is 20.1 Å². The monoisotopic (exact) mass is 338 g/mol. The Morgan fingerprint density at radius 2 is 2.12 bits per heavy atom. The van der Waals surface area contributed by atoms with Crippen LogP contribution in [0.25, 0.3) is 0 Å². The molecule has 1 aliphatic heterocycles. The Kier molecular flexibility index (Phi) is 7.17. The molecule has 0 saturated carbocycles. The molecule has 7 nitrogen and oxygen atoms in total. The van der Waals surface area contributed by atoms with Gasteiger partial charge in [-0.3, -0.25) is 4.79 Å². The summed E-state index contributed by atoms with van der Waals surface area (Å²) < 4.78 is 10.7. The number of nitrogens with one attached hydrogen (secondary N) is 1. The highest BCUT2D eigenvalue weighted by Crippen LogP contribution is 2.25. The van der Waals surface area contributed by atoms with E-state index in [-0.39, 0.29) is 12.0 Å². The van der Waals surface area contributed by atoms with Gasteiger partial charge in [0.05, 0.1) is 6.54 Å². The van der Waals surface area contributed by atoms with Crippen LogP contribution in [0.2, 0.25) is 0 Å². The van der Waals surface area contributed by atoms with Crippen LogP contribution in [-0.4, -0.2) is 47.7 Å². The molecule has 2 unspecified atom stereocenters. The molecule has 136 valence electrons. The van der Waals surface area contributed by atoms with E-state index in [1.165, 1.54) is 0 Å². The number of hydrogen-bond donors (Lipinski definition) is 1. The van der Waals surface area contributed by atoms with Crippen LogP contribution in [0.4, 0.5) is 0 Å². The first-order chi connectivity index (χ1) is 11.5. The summed E-state index contributed by atoms with van der Waals surface area (Å²) in [4.78, 5) is 18.4. The van der Waals surface area contributed by atoms with Crippen molar-refractivity contribution in [3.8, 4) is 0 Å². The molecule has 1 N–H and O–H groups in total. The molecule has 1 aliphatic rings. The van der Waals surface area contributed by atoms with Gasteiger partial charge in [0.2, 0.25) is 11.8 Å². The number of aromatic nitrogens is 2. The number of piperidine rings is 1. The minimum absolute atomic E-state index is 0.124. The van der Waals surface area contributed by atoms with E-state index in [4.69, 9.17) is 9.26 Å². The van der Waals surface area contributed by atoms with Gasteiger partial charge in [0.1, 0.15) is 6.10 Å². The maximum absolute atomic E-state index is 12.4. The fourth-order valence-corrected chi connectivity index (χ4v) is 3.12. The average molecular weight is 338 g/mol. The first kappa shape index (κ1) is 18.9. The number of carbonyl (C=O) groups excluding carboxylic acids is 1. The van der Waals surface area contributed by atoms with Gasteiger partial charge in [-0.1, -0.05) is 12.1 Å². The zero-order valence-electron chi connectivity index (χ0n) is 15.2. The van der Waals surface area contributed by atoms with Crippen LogP contribution in [0, 0.1) is 11.8 Å². The van der Waals surface area contributed by atoms with Gasteiger partial charge in [-0.25, -0.2) is 0 Å². The standard InChI is InChI=1S/C17H30N4O3/c1-5-23-13(3)17-19-15(24-20-17)11-21(4)16(22)10-12(2)14-6-8-18-9-7-14/h12-14,18H,5-11H2,1-4H3. The second-order valence-electron chi connectivity index (χ2n) is 6.66. The Hall–Kier alpha value is -1.47. The van der Waals surface area contributed by atoms with Crippen LogP contribution in [0.15, 0.2) is 4.52 Å². The van der Waals surface area contributed by atoms with Gasteiger partial charge in [-0.2, -0.15) is 4.98 Å². The predicted molar refractivity (Wildman–Crippen MR) is 90.2 cm³/mol. The highest BCUT2D eigenvalue weighted by atomic mass is 16.5. The number of hydrogen-bond acceptors (Lipinski definition) is 6. The molecule has 1 saturated heterocycles. The lowest BCUT2D eigenvalue weighted by atomic mass is 9.84. The van der Waals surface area contributed by atoms with Crippen LogP contribution in [0.1, 0.15) is 57.9 Å². The summed E-state index contributed by atoms with van der Waals surface area (Å²) in [5.41, 5.74) is 0. The third-order valence-corrected chi connectivity index (χ3v) is 4.75. The average Bonchev–Trinajstić information content (AvgIpc) is 3.04. The van der Waals surface area contributed by atoms with Crippen molar-refractivity contribution in [3.05, 3.63) is 11.7 Å². The maximum atomic E-state index is 12.4. The number of amides is 1. The normalized spacial score (nSPS) is 18.3. The molecule has 7 heteroatoms. The van der Waals surface area contributed by atoms with Crippen molar-refractivity contribution in [2.45, 2.75) is 52.7 Å². The smallest absolute Gasteiger partial charge is 0.246 e. The molecule has 1 fully saturated rings. The zero-order chi connectivity index (χ0) is 17.5. The quantitative estimate of drug-likeness (QED) is 0.782. The largest absolute Gasteiger partial charge is 0.371 e. The van der Waals surface area contributed by atoms with Crippen molar-refractivity contribution in [2.75, 3.05) is 26.7 Å². The van der Waals surface area contributed by atoms with Gasteiger partial charge in [0.15, 0.2) is 5.82 Å². The summed E-state index contributed by atoms with van der Waals surface area (Å²) in [6, 6.07) is 0. The van der Waals surface area contributed by atoms with Crippen LogP contribution >= 0.6 is 0 Å². The number of nitrogens with zero attached hydrogens (tertiary/aromatic N) is 3. The molecule has 0 bridgehead atoms. The predicted octanol–water partition coefficient (Wildman–Crippen LogP) is 2.15. The summed E-state index contributed by atoms with van der Waals surface area (Å²) >= 11 is 0. The molecular weight excluding hydrogens is 308 g/mol. The second kappa shape index (κ2) is 9.13. The van der Waals surface area contributed by atoms with Crippen LogP contribution in [0.3, 0.4) is 0 Å². The van der Waals surface area contributed by atoms with Crippen molar-refractivity contribution in [1.82, 2.24) is 20.4 Å². The highest BCUT2D eigenvalue weighted by molar-refractivity contribution is 5.76. The minimum atomic E-state index is -0.201. The van der Waals surface area contributed by atoms with Gasteiger partial charge in [0.25, 0.3) is 0 Å². The molecule has 24 heavy (non-hydrogen) atoms. The first-order valence-corrected chi connectivity index (χ1v) is 8.90. The Bertz CT molecular complexity index is 514. The van der Waals surface area contributed by atoms with E-state index in [9.17, 15) is 4.79 Å². The first-order valence-electron chi connectivity index (χ1n) is 8.90. The molecule has 2 rings (SSSR count). The molecule has 0 aromatic carbocycles. The van der Waals surface area contributed by atoms with Gasteiger partial charge < -0.3 is 19.5 Å². The lowest BCUT2D eigenvalue weighted by Crippen LogP contribution is -2.34. The van der Waals surface area contributed by atoms with E-state index in [0.717, 1.165) is 25.9 Å². The number of carbonyl (C=O) groups is 1. The number of ether oxygens (including phenoxy) is 1. The third-order valence-electron chi connectivity index (χ3n) is 4.75. The summed E-state index contributed by atoms with van der Waals surface area (Å²) in [5, 5.41) is 7.29. The Morgan fingerprint density at radius 3 is 2.79 bits per heavy atom. The molecule has 2 atom stereocenters. The topological polar surface area (TPSA) is 80.5 Å². The highest BCUT2D eigenvalue weighted by Gasteiger charge is 2.24. The van der Waals surface area contributed by atoms with E-state index in [1.807, 2.05) is 13.8 Å². The third kappa shape index (κ3) is 5.27. The van der Waals surface area contributed by atoms with E-state index in [1.54, 1.807) is 11.9 Å². The van der Waals surface area contributed by atoms with E-state index >= 15 is 0 Å². The SMILES string of the molecule is CCOC(C)c1noc(CN(C)C(=O)CC(C)C2CCNCC2)n1. The van der Waals surface area contributed by atoms with Crippen molar-refractivity contribution in [1.29, 1.82) is 0 Å². The van der Waals surface area contributed by atoms with Crippen molar-refractivity contribution in [2.24, 2.45) is 11.8 Å². The number of rotatable bonds is 8. The second-order valence-corrected chi connectivity index (χ2v) is 6.66. The van der Waals surface area contributed by atoms with E-state index in [2.05, 4.69) is 22.4 Å². The van der Waals surface area contributed by atoms with Gasteiger partial charge in [-0.05, 0) is 51.6 Å². The zero-order valence-corrected chi connectivity index (χ0v) is 15.2. The Balaban J connectivity index is 1.82. The molecule has 1 aromatic rings. The van der Waals surface area contributed by atoms with E-state index in [0.29, 0.717) is 43.1 Å². The molecule has 1 aromatic heterocycles. The lowest BCUT2D eigenvalue weighted by molar-refractivity contribution is -0.132. The van der Waals surface area contributed by atoms with Crippen LogP contribution in [0.5, 0.6) is 0 Å². The molecule has 0 radical (unpaired) electrons. The molecule has 2 heterocycles. The minimum Gasteiger partial charge on any atom is -0.371 e. The maximum Gasteiger partial charge on any atom is 0.246 e. The Labute approximate surface area is 144 Å². The van der Waals surface area contributed by atoms with Crippen LogP contribution < -0.4 is 5.32 Å². The summed E-state index contributed by atoms with van der Waals surface area (Å²) in [6.07, 6.45) is 2.67. The summed E-state index contributed by atoms with van der Waals surface area (Å²) in [7, 11) is 1.79. The fourth-order valence-electron chi connectivity index (χ4n) is 3.12. The molecular formula is C17H30N4O3. The molecule has 0 spiro atoms. The molecule has 0 aliphatic carbocycles. The van der Waals surface area contributed by atoms with Crippen molar-refractivity contribution >= 4 is 5.91 Å². The fraction of sp³-hybridized carbons (Fsp3) is 0.824. The Morgan fingerprint density at radius 1 is 1.42 bits per heavy atom. The van der Waals surface area contributed by atoms with Crippen molar-refractivity contribution < 1.29 is 14.1 Å². The summed E-state index contributed by atoms with van der Waals surface area (Å²) in [5.74, 6) is 2.13. The van der Waals surface area contributed by atoms with Gasteiger partial charge in [-0.15, -0.1) is 0 Å². The lowest BCUT2D eigenvalue weighted by Gasteiger charge is -2.28.